The molecule has 0 saturated heterocycles. The molecule has 0 aliphatic rings. The van der Waals surface area contributed by atoms with Crippen molar-refractivity contribution in [1.82, 2.24) is 10.1 Å². The molecule has 7 heteroatoms. The second kappa shape index (κ2) is 9.78. The molecule has 1 N–H and O–H groups in total. The lowest BCUT2D eigenvalue weighted by molar-refractivity contribution is -0.118. The van der Waals surface area contributed by atoms with E-state index < -0.39 is 0 Å². The molecule has 0 saturated carbocycles. The Hall–Kier alpha value is -4.13. The number of anilines is 1. The molecule has 1 heterocycles. The predicted octanol–water partition coefficient (Wildman–Crippen LogP) is 5.13. The normalized spacial score (nSPS) is 10.6. The van der Waals surface area contributed by atoms with Gasteiger partial charge in [0.05, 0.1) is 6.61 Å². The van der Waals surface area contributed by atoms with E-state index in [-0.39, 0.29) is 12.5 Å². The number of aromatic nitrogens is 2. The van der Waals surface area contributed by atoms with Crippen molar-refractivity contribution in [2.45, 2.75) is 13.8 Å². The highest BCUT2D eigenvalue weighted by Gasteiger charge is 2.15. The average molecular weight is 429 g/mol. The summed E-state index contributed by atoms with van der Waals surface area (Å²) in [5.41, 5.74) is 3.30. The van der Waals surface area contributed by atoms with Crippen LogP contribution in [0, 0.1) is 6.92 Å². The Kier molecular flexibility index (Phi) is 6.46. The summed E-state index contributed by atoms with van der Waals surface area (Å²) in [6.07, 6.45) is 0. The molecule has 4 aromatic rings. The maximum absolute atomic E-state index is 12.3. The van der Waals surface area contributed by atoms with Gasteiger partial charge < -0.3 is 19.3 Å². The van der Waals surface area contributed by atoms with Gasteiger partial charge in [-0.05, 0) is 55.8 Å². The largest absolute Gasteiger partial charge is 0.490 e. The number of hydrogen-bond donors (Lipinski definition) is 1. The van der Waals surface area contributed by atoms with Crippen LogP contribution >= 0.6 is 0 Å². The fraction of sp³-hybridized carbons (Fsp3) is 0.160. The Morgan fingerprint density at radius 1 is 0.938 bits per heavy atom. The maximum Gasteiger partial charge on any atom is 0.262 e. The highest BCUT2D eigenvalue weighted by Crippen LogP contribution is 2.32. The fourth-order valence-corrected chi connectivity index (χ4v) is 3.12. The van der Waals surface area contributed by atoms with Gasteiger partial charge in [-0.1, -0.05) is 41.6 Å². The summed E-state index contributed by atoms with van der Waals surface area (Å²) in [5, 5.41) is 6.93. The van der Waals surface area contributed by atoms with Gasteiger partial charge in [0.15, 0.2) is 18.1 Å². The highest BCUT2D eigenvalue weighted by molar-refractivity contribution is 5.92. The lowest BCUT2D eigenvalue weighted by Crippen LogP contribution is -2.20. The minimum absolute atomic E-state index is 0.145. The Labute approximate surface area is 186 Å². The van der Waals surface area contributed by atoms with Crippen molar-refractivity contribution in [2.75, 3.05) is 18.5 Å². The second-order valence-corrected chi connectivity index (χ2v) is 7.04. The number of aryl methyl sites for hydroxylation is 1. The maximum atomic E-state index is 12.3. The highest BCUT2D eigenvalue weighted by atomic mass is 16.5. The zero-order chi connectivity index (χ0) is 22.3. The van der Waals surface area contributed by atoms with Crippen LogP contribution in [0.4, 0.5) is 5.69 Å². The molecular weight excluding hydrogens is 406 g/mol. The molecule has 4 rings (SSSR count). The molecular formula is C25H23N3O4. The van der Waals surface area contributed by atoms with E-state index in [9.17, 15) is 4.79 Å². The zero-order valence-electron chi connectivity index (χ0n) is 17.9. The summed E-state index contributed by atoms with van der Waals surface area (Å²) in [6.45, 7) is 4.11. The summed E-state index contributed by atoms with van der Waals surface area (Å²) < 4.78 is 16.8. The van der Waals surface area contributed by atoms with E-state index in [2.05, 4.69) is 15.5 Å². The van der Waals surface area contributed by atoms with Gasteiger partial charge in [0.1, 0.15) is 0 Å². The molecule has 3 aromatic carbocycles. The molecule has 0 atom stereocenters. The third kappa shape index (κ3) is 4.95. The summed E-state index contributed by atoms with van der Waals surface area (Å²) in [5.74, 6) is 1.58. The molecule has 0 spiro atoms. The molecule has 162 valence electrons. The predicted molar refractivity (Wildman–Crippen MR) is 122 cm³/mol. The smallest absolute Gasteiger partial charge is 0.262 e. The Balaban J connectivity index is 1.48. The van der Waals surface area contributed by atoms with Crippen molar-refractivity contribution in [2.24, 2.45) is 0 Å². The van der Waals surface area contributed by atoms with Crippen LogP contribution in [-0.2, 0) is 4.79 Å². The quantitative estimate of drug-likeness (QED) is 0.418. The lowest BCUT2D eigenvalue weighted by Gasteiger charge is -2.13. The van der Waals surface area contributed by atoms with E-state index in [0.29, 0.717) is 29.8 Å². The van der Waals surface area contributed by atoms with Crippen LogP contribution in [0.3, 0.4) is 0 Å². The van der Waals surface area contributed by atoms with Crippen LogP contribution in [0.25, 0.3) is 22.8 Å². The summed E-state index contributed by atoms with van der Waals surface area (Å²) in [6, 6.07) is 22.4. The molecule has 0 bridgehead atoms. The van der Waals surface area contributed by atoms with Crippen molar-refractivity contribution in [3.8, 4) is 34.3 Å². The number of nitrogens with zero attached hydrogens (tertiary/aromatic N) is 2. The number of carbonyl (C=O) groups excluding carboxylic acids is 1. The molecule has 0 radical (unpaired) electrons. The molecule has 7 nitrogen and oxygen atoms in total. The summed E-state index contributed by atoms with van der Waals surface area (Å²) in [4.78, 5) is 16.8. The van der Waals surface area contributed by atoms with Gasteiger partial charge in [0, 0.05) is 16.8 Å². The van der Waals surface area contributed by atoms with Gasteiger partial charge in [0.25, 0.3) is 11.8 Å². The molecule has 0 unspecified atom stereocenters. The molecule has 0 aliphatic carbocycles. The van der Waals surface area contributed by atoms with E-state index in [4.69, 9.17) is 14.0 Å². The minimum atomic E-state index is -0.253. The molecule has 1 aromatic heterocycles. The first-order chi connectivity index (χ1) is 15.6. The van der Waals surface area contributed by atoms with Gasteiger partial charge in [-0.2, -0.15) is 4.98 Å². The van der Waals surface area contributed by atoms with Gasteiger partial charge in [-0.15, -0.1) is 0 Å². The van der Waals surface area contributed by atoms with Crippen LogP contribution in [0.15, 0.2) is 77.3 Å². The lowest BCUT2D eigenvalue weighted by atomic mass is 10.2. The minimum Gasteiger partial charge on any atom is -0.490 e. The standard InChI is InChI=1S/C25H23N3O4/c1-3-30-22-15-19(24-27-25(32-28-24)18-10-5-4-6-11-18)13-14-21(22)31-16-23(29)26-20-12-8-7-9-17(20)2/h4-15H,3,16H2,1-2H3,(H,26,29). The monoisotopic (exact) mass is 429 g/mol. The van der Waals surface area contributed by atoms with E-state index in [0.717, 1.165) is 22.4 Å². The number of rotatable bonds is 8. The van der Waals surface area contributed by atoms with Crippen LogP contribution < -0.4 is 14.8 Å². The van der Waals surface area contributed by atoms with Gasteiger partial charge in [0.2, 0.25) is 5.82 Å². The third-order valence-electron chi connectivity index (χ3n) is 4.73. The Morgan fingerprint density at radius 2 is 1.72 bits per heavy atom. The topological polar surface area (TPSA) is 86.5 Å². The number of benzene rings is 3. The van der Waals surface area contributed by atoms with Crippen molar-refractivity contribution < 1.29 is 18.8 Å². The fourth-order valence-electron chi connectivity index (χ4n) is 3.12. The van der Waals surface area contributed by atoms with Crippen LogP contribution in [0.5, 0.6) is 11.5 Å². The summed E-state index contributed by atoms with van der Waals surface area (Å²) in [7, 11) is 0. The van der Waals surface area contributed by atoms with E-state index in [1.165, 1.54) is 0 Å². The second-order valence-electron chi connectivity index (χ2n) is 7.04. The van der Waals surface area contributed by atoms with Gasteiger partial charge >= 0.3 is 0 Å². The van der Waals surface area contributed by atoms with Crippen molar-refractivity contribution in [1.29, 1.82) is 0 Å². The molecule has 1 amide bonds. The number of carbonyl (C=O) groups is 1. The molecule has 32 heavy (non-hydrogen) atoms. The van der Waals surface area contributed by atoms with Gasteiger partial charge in [-0.25, -0.2) is 0 Å². The van der Waals surface area contributed by atoms with E-state index in [1.54, 1.807) is 18.2 Å². The van der Waals surface area contributed by atoms with Crippen molar-refractivity contribution in [3.63, 3.8) is 0 Å². The first kappa shape index (κ1) is 21.1. The average Bonchev–Trinajstić information content (AvgIpc) is 3.31. The van der Waals surface area contributed by atoms with Gasteiger partial charge in [-0.3, -0.25) is 4.79 Å². The van der Waals surface area contributed by atoms with E-state index >= 15 is 0 Å². The van der Waals surface area contributed by atoms with Crippen LogP contribution in [0.2, 0.25) is 0 Å². The third-order valence-corrected chi connectivity index (χ3v) is 4.73. The first-order valence-electron chi connectivity index (χ1n) is 10.3. The SMILES string of the molecule is CCOc1cc(-c2noc(-c3ccccc3)n2)ccc1OCC(=O)Nc1ccccc1C. The molecule has 0 fully saturated rings. The van der Waals surface area contributed by atoms with Crippen molar-refractivity contribution in [3.05, 3.63) is 78.4 Å². The summed E-state index contributed by atoms with van der Waals surface area (Å²) >= 11 is 0. The number of nitrogens with one attached hydrogen (secondary N) is 1. The Bertz CT molecular complexity index is 1200. The Morgan fingerprint density at radius 3 is 2.50 bits per heavy atom. The number of amides is 1. The number of para-hydroxylation sites is 1. The zero-order valence-corrected chi connectivity index (χ0v) is 17.9. The van der Waals surface area contributed by atoms with E-state index in [1.807, 2.05) is 68.4 Å². The number of hydrogen-bond acceptors (Lipinski definition) is 6. The van der Waals surface area contributed by atoms with Crippen LogP contribution in [0.1, 0.15) is 12.5 Å². The first-order valence-corrected chi connectivity index (χ1v) is 10.3. The number of ether oxygens (including phenoxy) is 2. The van der Waals surface area contributed by atoms with Crippen LogP contribution in [-0.4, -0.2) is 29.3 Å². The van der Waals surface area contributed by atoms with Crippen molar-refractivity contribution >= 4 is 11.6 Å². The molecule has 0 aliphatic heterocycles.